The second-order valence-corrected chi connectivity index (χ2v) is 14.6. The monoisotopic (exact) mass is 756 g/mol. The number of ketones is 2. The number of benzene rings is 3. The normalized spacial score (nSPS) is 11.0. The first-order chi connectivity index (χ1) is 26.3. The van der Waals surface area contributed by atoms with E-state index >= 15 is 0 Å². The number of nitrogens with one attached hydrogen (secondary N) is 2. The van der Waals surface area contributed by atoms with E-state index in [0.29, 0.717) is 17.0 Å². The summed E-state index contributed by atoms with van der Waals surface area (Å²) in [6.07, 6.45) is 2.76. The number of nitrogens with zero attached hydrogens (tertiary/aromatic N) is 6. The summed E-state index contributed by atoms with van der Waals surface area (Å²) in [5.41, 5.74) is 13.2. The van der Waals surface area contributed by atoms with Crippen LogP contribution >= 0.6 is 0 Å². The number of aryl methyl sites for hydroxylation is 10. The number of aromatic hydroxyl groups is 1. The summed E-state index contributed by atoms with van der Waals surface area (Å²) in [5, 5.41) is 17.0. The summed E-state index contributed by atoms with van der Waals surface area (Å²) < 4.78 is 2.59. The van der Waals surface area contributed by atoms with E-state index in [0.717, 1.165) is 61.2 Å². The van der Waals surface area contributed by atoms with Gasteiger partial charge in [0.2, 0.25) is 11.7 Å². The fraction of sp³-hybridized carbons (Fsp3) is 0.302. The highest BCUT2D eigenvalue weighted by atomic mass is 16.3. The van der Waals surface area contributed by atoms with Gasteiger partial charge in [0, 0.05) is 0 Å². The average molecular weight is 757 g/mol. The van der Waals surface area contributed by atoms with Crippen LogP contribution in [0.5, 0.6) is 5.88 Å². The number of H-pyrrole nitrogens is 2. The molecule has 0 fully saturated rings. The number of Topliss-reactive ketones (excluding diaryl/α,β-unsaturated/α-hetero) is 2. The molecule has 0 atom stereocenters. The lowest BCUT2D eigenvalue weighted by Crippen LogP contribution is -2.20. The fourth-order valence-electron chi connectivity index (χ4n) is 7.82. The Labute approximate surface area is 324 Å². The Morgan fingerprint density at radius 1 is 0.661 bits per heavy atom. The Bertz CT molecular complexity index is 2650. The van der Waals surface area contributed by atoms with E-state index in [2.05, 4.69) is 49.2 Å². The van der Waals surface area contributed by atoms with Crippen LogP contribution in [-0.2, 0) is 9.59 Å². The van der Waals surface area contributed by atoms with Crippen LogP contribution in [0.1, 0.15) is 81.1 Å². The molecule has 4 heterocycles. The summed E-state index contributed by atoms with van der Waals surface area (Å²) in [5.74, 6) is -0.334. The van der Waals surface area contributed by atoms with Crippen LogP contribution in [-0.4, -0.2) is 55.8 Å². The first-order valence-electron chi connectivity index (χ1n) is 18.1. The number of hydrogen-bond donors (Lipinski definition) is 3. The van der Waals surface area contributed by atoms with Crippen LogP contribution in [0, 0.1) is 69.2 Å². The van der Waals surface area contributed by atoms with Gasteiger partial charge in [-0.2, -0.15) is 19.1 Å². The van der Waals surface area contributed by atoms with E-state index in [1.165, 1.54) is 41.1 Å². The maximum atomic E-state index is 12.7. The predicted octanol–water partition coefficient (Wildman–Crippen LogP) is 6.91. The van der Waals surface area contributed by atoms with Gasteiger partial charge < -0.3 is 5.11 Å². The lowest BCUT2D eigenvalue weighted by Gasteiger charge is -2.17. The Morgan fingerprint density at radius 2 is 1.12 bits per heavy atom. The highest BCUT2D eigenvalue weighted by molar-refractivity contribution is 6.06. The van der Waals surface area contributed by atoms with Crippen LogP contribution in [0.25, 0.3) is 33.8 Å². The minimum Gasteiger partial charge on any atom is -0.493 e. The van der Waals surface area contributed by atoms with Gasteiger partial charge in [0.05, 0.1) is 11.3 Å². The van der Waals surface area contributed by atoms with Crippen molar-refractivity contribution in [2.75, 3.05) is 0 Å². The summed E-state index contributed by atoms with van der Waals surface area (Å²) in [6.45, 7) is 22.7. The smallest absolute Gasteiger partial charge is 0.282 e. The van der Waals surface area contributed by atoms with Crippen molar-refractivity contribution in [1.29, 1.82) is 0 Å². The van der Waals surface area contributed by atoms with Crippen molar-refractivity contribution in [3.05, 3.63) is 131 Å². The molecule has 0 radical (unpaired) electrons. The van der Waals surface area contributed by atoms with Gasteiger partial charge >= 0.3 is 0 Å². The van der Waals surface area contributed by atoms with E-state index in [-0.39, 0.29) is 39.9 Å². The molecule has 0 bridgehead atoms. The SMILES string of the molecule is CC(=O)C(C(C)=O)c1c(C)cc(C)cc1C.Cc1cc(C)c(-c2c(C)nc3nc[nH]n3c2=O)c(C)c1.Cc1cc(C)c(-c2c(O)n3ncnc3[nH]c2=O)c(C)c1. The summed E-state index contributed by atoms with van der Waals surface area (Å²) in [4.78, 5) is 62.9. The highest BCUT2D eigenvalue weighted by Gasteiger charge is 2.25. The predicted molar refractivity (Wildman–Crippen MR) is 218 cm³/mol. The van der Waals surface area contributed by atoms with Crippen LogP contribution in [0.2, 0.25) is 0 Å². The van der Waals surface area contributed by atoms with Crippen LogP contribution in [0.15, 0.2) is 58.6 Å². The summed E-state index contributed by atoms with van der Waals surface area (Å²) >= 11 is 0. The second-order valence-electron chi connectivity index (χ2n) is 14.6. The molecule has 0 saturated heterocycles. The van der Waals surface area contributed by atoms with E-state index in [9.17, 15) is 24.3 Å². The van der Waals surface area contributed by atoms with Crippen molar-refractivity contribution < 1.29 is 14.7 Å². The van der Waals surface area contributed by atoms with E-state index in [1.807, 2.05) is 86.6 Å². The molecule has 290 valence electrons. The van der Waals surface area contributed by atoms with Gasteiger partial charge in [-0.25, -0.2) is 9.97 Å². The number of fused-ring (bicyclic) bond motifs is 2. The largest absolute Gasteiger partial charge is 0.493 e. The lowest BCUT2D eigenvalue weighted by molar-refractivity contribution is -0.126. The van der Waals surface area contributed by atoms with Crippen LogP contribution < -0.4 is 11.1 Å². The molecule has 4 aromatic heterocycles. The standard InChI is InChI=1S/C15H16N4O.C14H14N4O2.C14H18O2/c1-8-5-9(2)12(10(3)6-8)13-11(4)18-15-16-7-17-19(15)14(13)20;1-7-4-8(2)10(9(3)5-7)11-12(19)17-14-15-6-16-18(14)13(11)20;1-8-6-9(2)13(10(3)7-8)14(11(4)15)12(5)16/h5-7H,1-4H3,(H,16,17,18);4-6,20H,1-3H3,(H,15,16,17,19);6-7,14H,1-5H3. The number of carbonyl (C=O) groups excluding carboxylic acids is 2. The third-order valence-corrected chi connectivity index (χ3v) is 9.73. The lowest BCUT2D eigenvalue weighted by atomic mass is 9.85. The third-order valence-electron chi connectivity index (χ3n) is 9.73. The molecule has 0 unspecified atom stereocenters. The second kappa shape index (κ2) is 16.1. The van der Waals surface area contributed by atoms with E-state index in [4.69, 9.17) is 0 Å². The molecule has 0 spiro atoms. The fourth-order valence-corrected chi connectivity index (χ4v) is 7.82. The molecule has 0 aliphatic heterocycles. The molecule has 7 rings (SSSR count). The minimum absolute atomic E-state index is 0.0810. The number of carbonyl (C=O) groups is 2. The Kier molecular flexibility index (Phi) is 11.7. The summed E-state index contributed by atoms with van der Waals surface area (Å²) in [6, 6.07) is 12.2. The quantitative estimate of drug-likeness (QED) is 0.157. The molecule has 0 aliphatic rings. The molecule has 56 heavy (non-hydrogen) atoms. The Hall–Kier alpha value is -6.50. The van der Waals surface area contributed by atoms with Crippen molar-refractivity contribution >= 4 is 23.1 Å². The molecule has 0 saturated carbocycles. The molecule has 13 heteroatoms. The minimum atomic E-state index is -0.597. The molecule has 0 amide bonds. The van der Waals surface area contributed by atoms with Crippen molar-refractivity contribution in [3.8, 4) is 28.1 Å². The molecule has 0 aliphatic carbocycles. The molecular formula is C43H48N8O5. The zero-order valence-corrected chi connectivity index (χ0v) is 34.0. The molecule has 7 aromatic rings. The van der Waals surface area contributed by atoms with Gasteiger partial charge in [-0.1, -0.05) is 53.1 Å². The zero-order chi connectivity index (χ0) is 41.3. The van der Waals surface area contributed by atoms with Crippen LogP contribution in [0.4, 0.5) is 0 Å². The molecule has 3 N–H and O–H groups in total. The maximum absolute atomic E-state index is 12.7. The maximum Gasteiger partial charge on any atom is 0.282 e. The number of hydrogen-bond acceptors (Lipinski definition) is 9. The Morgan fingerprint density at radius 3 is 1.61 bits per heavy atom. The third kappa shape index (κ3) is 7.97. The highest BCUT2D eigenvalue weighted by Crippen LogP contribution is 2.32. The number of rotatable bonds is 5. The first-order valence-corrected chi connectivity index (χ1v) is 18.1. The summed E-state index contributed by atoms with van der Waals surface area (Å²) in [7, 11) is 0. The number of aromatic amines is 2. The molecule has 13 nitrogen and oxygen atoms in total. The van der Waals surface area contributed by atoms with Crippen LogP contribution in [0.3, 0.4) is 0 Å². The Balaban J connectivity index is 0.000000162. The van der Waals surface area contributed by atoms with E-state index in [1.54, 1.807) is 0 Å². The van der Waals surface area contributed by atoms with Crippen molar-refractivity contribution in [2.24, 2.45) is 0 Å². The average Bonchev–Trinajstić information content (AvgIpc) is 3.75. The van der Waals surface area contributed by atoms with Gasteiger partial charge in [0.15, 0.2) is 0 Å². The van der Waals surface area contributed by atoms with Gasteiger partial charge in [-0.05, 0) is 133 Å². The number of aromatic nitrogens is 8. The van der Waals surface area contributed by atoms with Crippen molar-refractivity contribution in [2.45, 2.75) is 89.0 Å². The van der Waals surface area contributed by atoms with Gasteiger partial charge in [-0.3, -0.25) is 29.3 Å². The first kappa shape index (κ1) is 40.7. The topological polar surface area (TPSA) is 180 Å². The zero-order valence-electron chi connectivity index (χ0n) is 34.0. The molecular weight excluding hydrogens is 709 g/mol. The van der Waals surface area contributed by atoms with Gasteiger partial charge in [0.25, 0.3) is 16.9 Å². The van der Waals surface area contributed by atoms with Crippen molar-refractivity contribution in [3.63, 3.8) is 0 Å². The van der Waals surface area contributed by atoms with Crippen molar-refractivity contribution in [1.82, 2.24) is 39.2 Å². The molecule has 3 aromatic carbocycles. The van der Waals surface area contributed by atoms with Gasteiger partial charge in [-0.15, -0.1) is 0 Å². The van der Waals surface area contributed by atoms with E-state index < -0.39 is 5.92 Å². The van der Waals surface area contributed by atoms with Gasteiger partial charge in [0.1, 0.15) is 35.7 Å².